The number of rotatable bonds is 5. The Morgan fingerprint density at radius 1 is 1.15 bits per heavy atom. The normalized spacial score (nSPS) is 43.6. The summed E-state index contributed by atoms with van der Waals surface area (Å²) >= 11 is 0. The van der Waals surface area contributed by atoms with Crippen molar-refractivity contribution < 1.29 is 10.2 Å². The topological polar surface area (TPSA) is 58.3 Å². The molecule has 0 aromatic carbocycles. The van der Waals surface area contributed by atoms with E-state index in [4.69, 9.17) is 6.42 Å². The van der Waals surface area contributed by atoms with Gasteiger partial charge in [0.15, 0.2) is 0 Å². The zero-order valence-corrected chi connectivity index (χ0v) is 21.7. The van der Waals surface area contributed by atoms with Crippen molar-refractivity contribution in [3.8, 4) is 12.3 Å². The molecule has 34 heavy (non-hydrogen) atoms. The van der Waals surface area contributed by atoms with Crippen molar-refractivity contribution in [2.45, 2.75) is 116 Å². The van der Waals surface area contributed by atoms with Crippen molar-refractivity contribution in [1.82, 2.24) is 9.78 Å². The van der Waals surface area contributed by atoms with Gasteiger partial charge in [0.1, 0.15) is 0 Å². The van der Waals surface area contributed by atoms with Gasteiger partial charge in [0.25, 0.3) is 0 Å². The molecule has 4 nitrogen and oxygen atoms in total. The summed E-state index contributed by atoms with van der Waals surface area (Å²) in [6.07, 6.45) is 23.3. The Morgan fingerprint density at radius 2 is 1.94 bits per heavy atom. The van der Waals surface area contributed by atoms with E-state index in [-0.39, 0.29) is 11.3 Å². The average Bonchev–Trinajstić information content (AvgIpc) is 3.24. The third-order valence-corrected chi connectivity index (χ3v) is 11.1. The summed E-state index contributed by atoms with van der Waals surface area (Å²) in [6.45, 7) is 7.27. The number of terminal acetylenes is 1. The highest BCUT2D eigenvalue weighted by Crippen LogP contribution is 2.64. The van der Waals surface area contributed by atoms with Crippen LogP contribution in [0.1, 0.15) is 103 Å². The molecule has 0 bridgehead atoms. The second-order valence-electron chi connectivity index (χ2n) is 13.1. The van der Waals surface area contributed by atoms with E-state index in [2.05, 4.69) is 24.9 Å². The summed E-state index contributed by atoms with van der Waals surface area (Å²) in [7, 11) is 0. The first-order valence-electron chi connectivity index (χ1n) is 14.1. The highest BCUT2D eigenvalue weighted by Gasteiger charge is 2.59. The minimum absolute atomic E-state index is 0.190. The number of hydrogen-bond donors (Lipinski definition) is 2. The van der Waals surface area contributed by atoms with Gasteiger partial charge in [-0.2, -0.15) is 5.10 Å². The molecule has 0 aliphatic heterocycles. The van der Waals surface area contributed by atoms with Crippen LogP contribution >= 0.6 is 0 Å². The SMILES string of the molecule is C#Cc1cnn(C[C@@](C)(O)[C@H]2CCC[C@H]3[C@@H]4CC[C@H]5C[C@@](O)(CCC)CC[C@@H]5[C@H]4CC[C@@]32C)c1. The highest BCUT2D eigenvalue weighted by atomic mass is 16.3. The summed E-state index contributed by atoms with van der Waals surface area (Å²) in [6, 6.07) is 0. The molecular formula is C30H46N2O2. The van der Waals surface area contributed by atoms with Crippen LogP contribution in [0.2, 0.25) is 0 Å². The van der Waals surface area contributed by atoms with Crippen molar-refractivity contribution in [1.29, 1.82) is 0 Å². The second-order valence-corrected chi connectivity index (χ2v) is 13.1. The lowest BCUT2D eigenvalue weighted by molar-refractivity contribution is -0.171. The van der Waals surface area contributed by atoms with Crippen LogP contribution in [0.5, 0.6) is 0 Å². The predicted octanol–water partition coefficient (Wildman–Crippen LogP) is 5.81. The van der Waals surface area contributed by atoms with Crippen molar-refractivity contribution in [2.75, 3.05) is 0 Å². The average molecular weight is 467 g/mol. The Kier molecular flexibility index (Phi) is 6.43. The fraction of sp³-hybridized carbons (Fsp3) is 0.833. The van der Waals surface area contributed by atoms with Gasteiger partial charge in [-0.25, -0.2) is 0 Å². The summed E-state index contributed by atoms with van der Waals surface area (Å²) in [4.78, 5) is 0. The fourth-order valence-electron chi connectivity index (χ4n) is 9.83. The number of aliphatic hydroxyl groups is 2. The molecule has 2 N–H and O–H groups in total. The van der Waals surface area contributed by atoms with E-state index < -0.39 is 11.2 Å². The molecule has 1 aromatic heterocycles. The maximum Gasteiger partial charge on any atom is 0.0848 e. The van der Waals surface area contributed by atoms with E-state index >= 15 is 0 Å². The first-order chi connectivity index (χ1) is 16.2. The largest absolute Gasteiger partial charge is 0.390 e. The first-order valence-corrected chi connectivity index (χ1v) is 14.1. The quantitative estimate of drug-likeness (QED) is 0.539. The Hall–Kier alpha value is -1.31. The monoisotopic (exact) mass is 466 g/mol. The van der Waals surface area contributed by atoms with E-state index in [1.165, 1.54) is 44.9 Å². The molecule has 0 amide bonds. The molecule has 4 aliphatic carbocycles. The third-order valence-electron chi connectivity index (χ3n) is 11.1. The lowest BCUT2D eigenvalue weighted by Gasteiger charge is -2.62. The van der Waals surface area contributed by atoms with E-state index in [9.17, 15) is 10.2 Å². The Morgan fingerprint density at radius 3 is 2.68 bits per heavy atom. The number of fused-ring (bicyclic) bond motifs is 5. The van der Waals surface area contributed by atoms with Gasteiger partial charge in [-0.15, -0.1) is 6.42 Å². The van der Waals surface area contributed by atoms with Crippen LogP contribution in [-0.4, -0.2) is 31.2 Å². The van der Waals surface area contributed by atoms with Crippen LogP contribution in [0.4, 0.5) is 0 Å². The fourth-order valence-corrected chi connectivity index (χ4v) is 9.83. The number of nitrogens with zero attached hydrogens (tertiary/aromatic N) is 2. The summed E-state index contributed by atoms with van der Waals surface area (Å²) < 4.78 is 1.85. The van der Waals surface area contributed by atoms with E-state index in [1.54, 1.807) is 6.20 Å². The van der Waals surface area contributed by atoms with Gasteiger partial charge in [0.05, 0.1) is 29.5 Å². The van der Waals surface area contributed by atoms with Gasteiger partial charge in [-0.3, -0.25) is 4.68 Å². The molecule has 188 valence electrons. The molecule has 1 aromatic rings. The molecule has 0 unspecified atom stereocenters. The van der Waals surface area contributed by atoms with Crippen LogP contribution in [0.3, 0.4) is 0 Å². The molecule has 4 heteroatoms. The van der Waals surface area contributed by atoms with Crippen LogP contribution in [0, 0.1) is 53.3 Å². The van der Waals surface area contributed by atoms with Gasteiger partial charge in [0.2, 0.25) is 0 Å². The molecular weight excluding hydrogens is 420 g/mol. The summed E-state index contributed by atoms with van der Waals surface area (Å²) in [5, 5.41) is 27.4. The molecule has 0 saturated heterocycles. The zero-order chi connectivity index (χ0) is 24.1. The molecule has 4 aliphatic rings. The van der Waals surface area contributed by atoms with Gasteiger partial charge in [-0.1, -0.05) is 32.6 Å². The third kappa shape index (κ3) is 4.16. The van der Waals surface area contributed by atoms with Crippen molar-refractivity contribution in [3.63, 3.8) is 0 Å². The van der Waals surface area contributed by atoms with Crippen molar-refractivity contribution in [3.05, 3.63) is 18.0 Å². The number of aromatic nitrogens is 2. The maximum absolute atomic E-state index is 11.8. The standard InChI is InChI=1S/C30H46N2O2/c1-5-14-30(34)16-13-23-22(17-30)10-11-25-24(23)12-15-28(3)26(25)8-7-9-27(28)29(4,33)20-32-19-21(6-2)18-31-32/h2,18-19,22-27,33-34H,5,7-17,20H2,1,3-4H3/t22-,23-,24+,25+,26-,27-,28-,29+,30+/m0/s1. The lowest BCUT2D eigenvalue weighted by Crippen LogP contribution is -2.58. The zero-order valence-electron chi connectivity index (χ0n) is 21.7. The molecule has 9 atom stereocenters. The van der Waals surface area contributed by atoms with Crippen LogP contribution in [0.25, 0.3) is 0 Å². The Bertz CT molecular complexity index is 915. The smallest absolute Gasteiger partial charge is 0.0848 e. The summed E-state index contributed by atoms with van der Waals surface area (Å²) in [5.41, 5.74) is -0.224. The Labute approximate surface area is 206 Å². The first kappa shape index (κ1) is 24.4. The van der Waals surface area contributed by atoms with E-state index in [0.29, 0.717) is 12.5 Å². The number of hydrogen-bond acceptors (Lipinski definition) is 3. The van der Waals surface area contributed by atoms with E-state index in [0.717, 1.165) is 61.3 Å². The Balaban J connectivity index is 1.33. The van der Waals surface area contributed by atoms with Crippen LogP contribution in [-0.2, 0) is 6.54 Å². The highest BCUT2D eigenvalue weighted by molar-refractivity contribution is 5.26. The minimum Gasteiger partial charge on any atom is -0.390 e. The van der Waals surface area contributed by atoms with Gasteiger partial charge in [0, 0.05) is 6.20 Å². The molecule has 0 spiro atoms. The lowest BCUT2D eigenvalue weighted by atomic mass is 9.43. The molecule has 4 fully saturated rings. The van der Waals surface area contributed by atoms with Crippen molar-refractivity contribution in [2.24, 2.45) is 40.9 Å². The second kappa shape index (κ2) is 8.97. The molecule has 0 radical (unpaired) electrons. The maximum atomic E-state index is 11.8. The minimum atomic E-state index is -0.795. The van der Waals surface area contributed by atoms with Gasteiger partial charge < -0.3 is 10.2 Å². The molecule has 4 saturated carbocycles. The van der Waals surface area contributed by atoms with Gasteiger partial charge in [-0.05, 0) is 112 Å². The van der Waals surface area contributed by atoms with Crippen LogP contribution < -0.4 is 0 Å². The van der Waals surface area contributed by atoms with E-state index in [1.807, 2.05) is 17.8 Å². The van der Waals surface area contributed by atoms with Crippen LogP contribution in [0.15, 0.2) is 12.4 Å². The molecule has 5 rings (SSSR count). The molecule has 1 heterocycles. The van der Waals surface area contributed by atoms with Crippen molar-refractivity contribution >= 4 is 0 Å². The predicted molar refractivity (Wildman–Crippen MR) is 136 cm³/mol. The summed E-state index contributed by atoms with van der Waals surface area (Å²) in [5.74, 6) is 6.82. The van der Waals surface area contributed by atoms with Gasteiger partial charge >= 0.3 is 0 Å².